The summed E-state index contributed by atoms with van der Waals surface area (Å²) in [6, 6.07) is 15.1. The lowest BCUT2D eigenvalue weighted by atomic mass is 10.2. The van der Waals surface area contributed by atoms with Crippen molar-refractivity contribution in [2.45, 2.75) is 26.5 Å². The van der Waals surface area contributed by atoms with Crippen LogP contribution in [0, 0.1) is 0 Å². The van der Waals surface area contributed by atoms with E-state index in [-0.39, 0.29) is 11.8 Å². The van der Waals surface area contributed by atoms with Gasteiger partial charge in [0.15, 0.2) is 0 Å². The van der Waals surface area contributed by atoms with E-state index in [1.54, 1.807) is 24.3 Å². The summed E-state index contributed by atoms with van der Waals surface area (Å²) < 4.78 is 8.04. The first kappa shape index (κ1) is 14.8. The second kappa shape index (κ2) is 5.93. The molecule has 4 heteroatoms. The number of ether oxygens (including phenoxy) is 1. The van der Waals surface area contributed by atoms with E-state index in [1.165, 1.54) is 0 Å². The molecule has 0 aliphatic rings. The van der Waals surface area contributed by atoms with Crippen LogP contribution in [0.15, 0.2) is 48.5 Å². The number of para-hydroxylation sites is 1. The molecule has 0 atom stereocenters. The monoisotopic (exact) mass is 315 g/mol. The van der Waals surface area contributed by atoms with Gasteiger partial charge in [0.1, 0.15) is 18.1 Å². The molecule has 3 rings (SSSR count). The molecule has 0 saturated carbocycles. The normalized spacial score (nSPS) is 11.3. The molecule has 0 aliphatic heterocycles. The number of hydrogen-bond donors (Lipinski definition) is 1. The zero-order valence-corrected chi connectivity index (χ0v) is 13.3. The van der Waals surface area contributed by atoms with Crippen LogP contribution in [-0.4, -0.2) is 9.67 Å². The van der Waals surface area contributed by atoms with E-state index in [1.807, 2.05) is 12.1 Å². The third-order valence-corrected chi connectivity index (χ3v) is 3.94. The molecular formula is C18H18ClNO2. The number of hydrogen-bond acceptors (Lipinski definition) is 2. The fraction of sp³-hybridized carbons (Fsp3) is 0.222. The number of aromatic hydroxyl groups is 1. The zero-order valence-electron chi connectivity index (χ0n) is 12.6. The van der Waals surface area contributed by atoms with E-state index in [0.717, 1.165) is 27.4 Å². The number of benzene rings is 2. The maximum absolute atomic E-state index is 9.31. The Hall–Kier alpha value is -2.13. The van der Waals surface area contributed by atoms with Gasteiger partial charge < -0.3 is 14.4 Å². The van der Waals surface area contributed by atoms with Crippen LogP contribution >= 0.6 is 11.6 Å². The summed E-state index contributed by atoms with van der Waals surface area (Å²) in [4.78, 5) is 0. The predicted octanol–water partition coefficient (Wildman–Crippen LogP) is 5.16. The van der Waals surface area contributed by atoms with Gasteiger partial charge in [-0.3, -0.25) is 0 Å². The molecule has 0 amide bonds. The Kier molecular flexibility index (Phi) is 3.99. The summed E-state index contributed by atoms with van der Waals surface area (Å²) in [6.45, 7) is 4.72. The van der Waals surface area contributed by atoms with Gasteiger partial charge in [-0.2, -0.15) is 0 Å². The maximum atomic E-state index is 9.31. The molecule has 0 fully saturated rings. The fourth-order valence-corrected chi connectivity index (χ4v) is 2.97. The number of aromatic nitrogens is 1. The lowest BCUT2D eigenvalue weighted by Crippen LogP contribution is -2.08. The molecular weight excluding hydrogens is 298 g/mol. The van der Waals surface area contributed by atoms with E-state index in [2.05, 4.69) is 30.5 Å². The van der Waals surface area contributed by atoms with Crippen molar-refractivity contribution in [2.24, 2.45) is 0 Å². The summed E-state index contributed by atoms with van der Waals surface area (Å²) in [7, 11) is 0. The largest absolute Gasteiger partial charge is 0.508 e. The minimum atomic E-state index is 0.232. The van der Waals surface area contributed by atoms with Gasteiger partial charge in [0.25, 0.3) is 0 Å². The molecule has 0 spiro atoms. The highest BCUT2D eigenvalue weighted by atomic mass is 35.5. The summed E-state index contributed by atoms with van der Waals surface area (Å²) in [6.07, 6.45) is 0. The number of phenolic OH excluding ortho intramolecular Hbond substituents is 1. The number of halogens is 1. The van der Waals surface area contributed by atoms with Crippen LogP contribution in [0.4, 0.5) is 0 Å². The Morgan fingerprint density at radius 1 is 1.14 bits per heavy atom. The number of phenols is 1. The van der Waals surface area contributed by atoms with Gasteiger partial charge in [-0.1, -0.05) is 23.7 Å². The molecule has 1 heterocycles. The highest BCUT2D eigenvalue weighted by Crippen LogP contribution is 2.30. The highest BCUT2D eigenvalue weighted by molar-refractivity contribution is 6.35. The van der Waals surface area contributed by atoms with Crippen molar-refractivity contribution in [1.82, 2.24) is 4.57 Å². The summed E-state index contributed by atoms with van der Waals surface area (Å²) >= 11 is 6.36. The lowest BCUT2D eigenvalue weighted by Gasteiger charge is -2.16. The van der Waals surface area contributed by atoms with Crippen LogP contribution in [0.2, 0.25) is 5.02 Å². The molecule has 0 saturated heterocycles. The quantitative estimate of drug-likeness (QED) is 0.721. The summed E-state index contributed by atoms with van der Waals surface area (Å²) in [5, 5.41) is 11.2. The second-order valence-corrected chi connectivity index (χ2v) is 5.97. The maximum Gasteiger partial charge on any atom is 0.128 e. The van der Waals surface area contributed by atoms with Gasteiger partial charge in [0.05, 0.1) is 16.2 Å². The average Bonchev–Trinajstić information content (AvgIpc) is 2.87. The van der Waals surface area contributed by atoms with Crippen molar-refractivity contribution in [3.63, 3.8) is 0 Å². The van der Waals surface area contributed by atoms with Gasteiger partial charge in [-0.25, -0.2) is 0 Å². The van der Waals surface area contributed by atoms with Crippen LogP contribution in [-0.2, 0) is 6.61 Å². The fourth-order valence-electron chi connectivity index (χ4n) is 2.70. The van der Waals surface area contributed by atoms with Gasteiger partial charge in [-0.05, 0) is 50.2 Å². The van der Waals surface area contributed by atoms with Crippen LogP contribution in [0.1, 0.15) is 25.6 Å². The van der Waals surface area contributed by atoms with Gasteiger partial charge in [0, 0.05) is 11.4 Å². The van der Waals surface area contributed by atoms with Crippen LogP contribution in [0.3, 0.4) is 0 Å². The highest BCUT2D eigenvalue weighted by Gasteiger charge is 2.14. The Balaban J connectivity index is 1.94. The minimum absolute atomic E-state index is 0.232. The Morgan fingerprint density at radius 3 is 2.55 bits per heavy atom. The molecule has 1 N–H and O–H groups in total. The second-order valence-electron chi connectivity index (χ2n) is 5.56. The van der Waals surface area contributed by atoms with E-state index < -0.39 is 0 Å². The van der Waals surface area contributed by atoms with E-state index in [4.69, 9.17) is 16.3 Å². The number of fused-ring (bicyclic) bond motifs is 1. The molecule has 0 unspecified atom stereocenters. The SMILES string of the molecule is CC(C)n1c(COc2ccc(O)cc2)cc2cccc(Cl)c21. The molecule has 1 aromatic heterocycles. The average molecular weight is 316 g/mol. The van der Waals surface area contributed by atoms with Crippen LogP contribution in [0.25, 0.3) is 10.9 Å². The predicted molar refractivity (Wildman–Crippen MR) is 89.8 cm³/mol. The van der Waals surface area contributed by atoms with E-state index in [9.17, 15) is 5.11 Å². The molecule has 3 nitrogen and oxygen atoms in total. The van der Waals surface area contributed by atoms with Crippen molar-refractivity contribution >= 4 is 22.5 Å². The molecule has 3 aromatic rings. The smallest absolute Gasteiger partial charge is 0.128 e. The van der Waals surface area contributed by atoms with Crippen molar-refractivity contribution in [1.29, 1.82) is 0 Å². The molecule has 2 aromatic carbocycles. The lowest BCUT2D eigenvalue weighted by molar-refractivity contribution is 0.292. The number of nitrogens with zero attached hydrogens (tertiary/aromatic N) is 1. The summed E-state index contributed by atoms with van der Waals surface area (Å²) in [5.74, 6) is 0.958. The minimum Gasteiger partial charge on any atom is -0.508 e. The molecule has 0 radical (unpaired) electrons. The molecule has 0 bridgehead atoms. The Bertz CT molecular complexity index is 791. The van der Waals surface area contributed by atoms with E-state index >= 15 is 0 Å². The summed E-state index contributed by atoms with van der Waals surface area (Å²) in [5.41, 5.74) is 2.12. The standard InChI is InChI=1S/C18H18ClNO2/c1-12(2)20-14(10-13-4-3-5-17(19)18(13)20)11-22-16-8-6-15(21)7-9-16/h3-10,12,21H,11H2,1-2H3. The van der Waals surface area contributed by atoms with Crippen LogP contribution in [0.5, 0.6) is 11.5 Å². The molecule has 0 aliphatic carbocycles. The van der Waals surface area contributed by atoms with Crippen molar-refractivity contribution < 1.29 is 9.84 Å². The first-order valence-corrected chi connectivity index (χ1v) is 7.64. The number of rotatable bonds is 4. The van der Waals surface area contributed by atoms with Crippen LogP contribution < -0.4 is 4.74 Å². The topological polar surface area (TPSA) is 34.4 Å². The first-order valence-electron chi connectivity index (χ1n) is 7.26. The van der Waals surface area contributed by atoms with Gasteiger partial charge in [0.2, 0.25) is 0 Å². The Labute approximate surface area is 134 Å². The third kappa shape index (κ3) is 2.77. The molecule has 22 heavy (non-hydrogen) atoms. The first-order chi connectivity index (χ1) is 10.6. The van der Waals surface area contributed by atoms with E-state index in [0.29, 0.717) is 6.61 Å². The van der Waals surface area contributed by atoms with Crippen molar-refractivity contribution in [3.05, 3.63) is 59.2 Å². The van der Waals surface area contributed by atoms with Gasteiger partial charge in [-0.15, -0.1) is 0 Å². The Morgan fingerprint density at radius 2 is 1.86 bits per heavy atom. The molecule has 114 valence electrons. The van der Waals surface area contributed by atoms with Gasteiger partial charge >= 0.3 is 0 Å². The van der Waals surface area contributed by atoms with Crippen molar-refractivity contribution in [2.75, 3.05) is 0 Å². The third-order valence-electron chi connectivity index (χ3n) is 3.63. The zero-order chi connectivity index (χ0) is 15.7. The van der Waals surface area contributed by atoms with Crippen molar-refractivity contribution in [3.8, 4) is 11.5 Å².